The monoisotopic (exact) mass is 333 g/mol. The zero-order valence-electron chi connectivity index (χ0n) is 15.3. The van der Waals surface area contributed by atoms with Crippen molar-refractivity contribution in [2.24, 2.45) is 0 Å². The molecule has 0 radical (unpaired) electrons. The van der Waals surface area contributed by atoms with E-state index in [9.17, 15) is 4.79 Å². The fraction of sp³-hybridized carbons (Fsp3) is 0.650. The van der Waals surface area contributed by atoms with Crippen molar-refractivity contribution in [3.8, 4) is 0 Å². The number of carbonyl (C=O) groups excluding carboxylic acids is 1. The number of ether oxygens (including phenoxy) is 2. The van der Waals surface area contributed by atoms with Crippen molar-refractivity contribution in [2.45, 2.75) is 64.2 Å². The minimum atomic E-state index is -0.163. The maximum absolute atomic E-state index is 11.4. The van der Waals surface area contributed by atoms with Gasteiger partial charge in [-0.3, -0.25) is 9.69 Å². The number of benzene rings is 1. The van der Waals surface area contributed by atoms with Gasteiger partial charge in [0.05, 0.1) is 25.2 Å². The largest absolute Gasteiger partial charge is 0.469 e. The van der Waals surface area contributed by atoms with E-state index >= 15 is 0 Å². The maximum atomic E-state index is 11.4. The first kappa shape index (κ1) is 18.9. The van der Waals surface area contributed by atoms with Crippen LogP contribution in [0.5, 0.6) is 0 Å². The predicted molar refractivity (Wildman–Crippen MR) is 95.8 cm³/mol. The summed E-state index contributed by atoms with van der Waals surface area (Å²) in [7, 11) is 1.44. The van der Waals surface area contributed by atoms with Gasteiger partial charge in [-0.2, -0.15) is 0 Å². The zero-order valence-corrected chi connectivity index (χ0v) is 15.3. The van der Waals surface area contributed by atoms with E-state index in [-0.39, 0.29) is 17.7 Å². The Kier molecular flexibility index (Phi) is 7.25. The van der Waals surface area contributed by atoms with Crippen LogP contribution in [0.25, 0.3) is 0 Å². The molecule has 1 aromatic rings. The second kappa shape index (κ2) is 9.19. The molecule has 0 aliphatic carbocycles. The first-order valence-corrected chi connectivity index (χ1v) is 9.20. The van der Waals surface area contributed by atoms with Gasteiger partial charge in [-0.05, 0) is 31.2 Å². The van der Waals surface area contributed by atoms with Gasteiger partial charge < -0.3 is 9.47 Å². The predicted octanol–water partition coefficient (Wildman–Crippen LogP) is 3.79. The molecule has 1 atom stereocenters. The lowest BCUT2D eigenvalue weighted by molar-refractivity contribution is -0.146. The second-order valence-electron chi connectivity index (χ2n) is 6.50. The summed E-state index contributed by atoms with van der Waals surface area (Å²) in [6, 6.07) is 10.6. The van der Waals surface area contributed by atoms with Crippen molar-refractivity contribution < 1.29 is 14.3 Å². The molecular weight excluding hydrogens is 302 g/mol. The van der Waals surface area contributed by atoms with Gasteiger partial charge >= 0.3 is 5.97 Å². The third-order valence-electron chi connectivity index (χ3n) is 4.98. The normalized spacial score (nSPS) is 22.7. The van der Waals surface area contributed by atoms with Crippen LogP contribution < -0.4 is 0 Å². The number of nitrogens with zero attached hydrogens (tertiary/aromatic N) is 1. The van der Waals surface area contributed by atoms with Gasteiger partial charge in [-0.25, -0.2) is 0 Å². The van der Waals surface area contributed by atoms with Crippen LogP contribution in [-0.2, 0) is 20.8 Å². The summed E-state index contributed by atoms with van der Waals surface area (Å²) in [5.41, 5.74) is 1.38. The number of esters is 1. The topological polar surface area (TPSA) is 38.8 Å². The molecule has 4 nitrogen and oxygen atoms in total. The van der Waals surface area contributed by atoms with E-state index in [1.807, 2.05) is 13.8 Å². The summed E-state index contributed by atoms with van der Waals surface area (Å²) in [5.74, 6) is -0.163. The molecule has 1 unspecified atom stereocenters. The summed E-state index contributed by atoms with van der Waals surface area (Å²) < 4.78 is 11.0. The van der Waals surface area contributed by atoms with Crippen molar-refractivity contribution in [3.63, 3.8) is 0 Å². The van der Waals surface area contributed by atoms with Crippen molar-refractivity contribution in [1.29, 1.82) is 0 Å². The highest BCUT2D eigenvalue weighted by molar-refractivity contribution is 5.69. The van der Waals surface area contributed by atoms with Crippen LogP contribution in [0.2, 0.25) is 0 Å². The summed E-state index contributed by atoms with van der Waals surface area (Å²) in [6.45, 7) is 7.15. The molecule has 0 saturated carbocycles. The van der Waals surface area contributed by atoms with Crippen LogP contribution >= 0.6 is 0 Å². The van der Waals surface area contributed by atoms with Crippen LogP contribution in [0.15, 0.2) is 30.3 Å². The minimum absolute atomic E-state index is 0.00583. The first-order valence-electron chi connectivity index (χ1n) is 9.20. The van der Waals surface area contributed by atoms with Crippen molar-refractivity contribution in [3.05, 3.63) is 35.9 Å². The van der Waals surface area contributed by atoms with E-state index in [2.05, 4.69) is 35.2 Å². The van der Waals surface area contributed by atoms with E-state index in [0.29, 0.717) is 6.42 Å². The average molecular weight is 333 g/mol. The summed E-state index contributed by atoms with van der Waals surface area (Å²) in [4.78, 5) is 13.9. The van der Waals surface area contributed by atoms with Gasteiger partial charge in [-0.1, -0.05) is 44.2 Å². The Labute approximate surface area is 146 Å². The third-order valence-corrected chi connectivity index (χ3v) is 4.98. The van der Waals surface area contributed by atoms with E-state index in [1.165, 1.54) is 12.7 Å². The molecule has 0 bridgehead atoms. The summed E-state index contributed by atoms with van der Waals surface area (Å²) in [6.07, 6.45) is 4.64. The SMILES string of the molecule is CC.COC(=O)CC1CCC2(CCN(Cc3ccccc3)CC2)O1. The van der Waals surface area contributed by atoms with Gasteiger partial charge in [-0.15, -0.1) is 0 Å². The molecule has 0 N–H and O–H groups in total. The van der Waals surface area contributed by atoms with Gasteiger partial charge in [0.2, 0.25) is 0 Å². The van der Waals surface area contributed by atoms with Crippen molar-refractivity contribution >= 4 is 5.97 Å². The Morgan fingerprint density at radius 2 is 1.88 bits per heavy atom. The smallest absolute Gasteiger partial charge is 0.308 e. The second-order valence-corrected chi connectivity index (χ2v) is 6.50. The van der Waals surface area contributed by atoms with Crippen molar-refractivity contribution in [2.75, 3.05) is 20.2 Å². The number of likely N-dealkylation sites (tertiary alicyclic amines) is 1. The third kappa shape index (κ3) is 5.05. The van der Waals surface area contributed by atoms with E-state index < -0.39 is 0 Å². The van der Waals surface area contributed by atoms with Gasteiger partial charge in [0.25, 0.3) is 0 Å². The number of methoxy groups -OCH3 is 1. The minimum Gasteiger partial charge on any atom is -0.469 e. The Hall–Kier alpha value is -1.39. The zero-order chi connectivity index (χ0) is 17.4. The molecule has 24 heavy (non-hydrogen) atoms. The first-order chi connectivity index (χ1) is 11.7. The number of hydrogen-bond donors (Lipinski definition) is 0. The van der Waals surface area contributed by atoms with Crippen LogP contribution in [0, 0.1) is 0 Å². The lowest BCUT2D eigenvalue weighted by Crippen LogP contribution is -2.44. The summed E-state index contributed by atoms with van der Waals surface area (Å²) in [5, 5.41) is 0. The molecular formula is C20H31NO3. The number of carbonyl (C=O) groups is 1. The Balaban J connectivity index is 0.00000100. The van der Waals surface area contributed by atoms with E-state index in [0.717, 1.165) is 45.3 Å². The highest BCUT2D eigenvalue weighted by Crippen LogP contribution is 2.40. The molecule has 2 saturated heterocycles. The molecule has 134 valence electrons. The van der Waals surface area contributed by atoms with Gasteiger partial charge in [0.1, 0.15) is 0 Å². The number of hydrogen-bond acceptors (Lipinski definition) is 4. The highest BCUT2D eigenvalue weighted by Gasteiger charge is 2.42. The Bertz CT molecular complexity index is 495. The highest BCUT2D eigenvalue weighted by atomic mass is 16.5. The molecule has 1 spiro atoms. The molecule has 2 aliphatic heterocycles. The average Bonchev–Trinajstić information content (AvgIpc) is 3.02. The van der Waals surface area contributed by atoms with Crippen LogP contribution in [0.3, 0.4) is 0 Å². The standard InChI is InChI=1S/C18H25NO3.C2H6/c1-21-17(20)13-16-7-8-18(22-16)9-11-19(12-10-18)14-15-5-3-2-4-6-15;1-2/h2-6,16H,7-14H2,1H3;1-2H3. The fourth-order valence-electron chi connectivity index (χ4n) is 3.64. The Morgan fingerprint density at radius 3 is 2.50 bits per heavy atom. The van der Waals surface area contributed by atoms with Crippen molar-refractivity contribution in [1.82, 2.24) is 4.90 Å². The molecule has 4 heteroatoms. The molecule has 2 aliphatic rings. The molecule has 3 rings (SSSR count). The quantitative estimate of drug-likeness (QED) is 0.786. The molecule has 2 heterocycles. The number of rotatable bonds is 4. The number of piperidine rings is 1. The maximum Gasteiger partial charge on any atom is 0.308 e. The Morgan fingerprint density at radius 1 is 1.21 bits per heavy atom. The van der Waals surface area contributed by atoms with E-state index in [1.54, 1.807) is 0 Å². The van der Waals surface area contributed by atoms with Crippen LogP contribution in [-0.4, -0.2) is 42.8 Å². The molecule has 2 fully saturated rings. The van der Waals surface area contributed by atoms with E-state index in [4.69, 9.17) is 9.47 Å². The summed E-state index contributed by atoms with van der Waals surface area (Å²) >= 11 is 0. The molecule has 0 aromatic heterocycles. The lowest BCUT2D eigenvalue weighted by atomic mass is 9.88. The molecule has 1 aromatic carbocycles. The lowest BCUT2D eigenvalue weighted by Gasteiger charge is -2.39. The van der Waals surface area contributed by atoms with Gasteiger partial charge in [0, 0.05) is 19.6 Å². The fourth-order valence-corrected chi connectivity index (χ4v) is 3.64. The van der Waals surface area contributed by atoms with Crippen LogP contribution in [0.4, 0.5) is 0 Å². The van der Waals surface area contributed by atoms with Gasteiger partial charge in [0.15, 0.2) is 0 Å². The molecule has 0 amide bonds. The van der Waals surface area contributed by atoms with Crippen LogP contribution in [0.1, 0.15) is 51.5 Å².